The molecule has 4 heteroatoms. The molecule has 0 atom stereocenters. The summed E-state index contributed by atoms with van der Waals surface area (Å²) in [5.41, 5.74) is 6.13. The van der Waals surface area contributed by atoms with Crippen LogP contribution in [-0.4, -0.2) is 16.3 Å². The van der Waals surface area contributed by atoms with Crippen molar-refractivity contribution >= 4 is 28.4 Å². The highest BCUT2D eigenvalue weighted by molar-refractivity contribution is 14.1. The zero-order chi connectivity index (χ0) is 17.2. The molecule has 0 amide bonds. The second-order valence-corrected chi connectivity index (χ2v) is 7.74. The second kappa shape index (κ2) is 7.20. The minimum Gasteiger partial charge on any atom is -0.370 e. The molecule has 2 heterocycles. The van der Waals surface area contributed by atoms with Crippen LogP contribution in [0.2, 0.25) is 0 Å². The maximum absolute atomic E-state index is 5.01. The molecule has 1 aliphatic heterocycles. The van der Waals surface area contributed by atoms with Crippen molar-refractivity contribution in [2.24, 2.45) is 0 Å². The number of rotatable bonds is 3. The molecular weight excluding hydrogens is 421 g/mol. The molecule has 4 rings (SSSR count). The first-order valence-electron chi connectivity index (χ1n) is 8.97. The molecule has 1 aromatic heterocycles. The summed E-state index contributed by atoms with van der Waals surface area (Å²) < 4.78 is 3.34. The number of hydrogen-bond acceptors (Lipinski definition) is 2. The summed E-state index contributed by atoms with van der Waals surface area (Å²) >= 11 is 2.35. The molecule has 3 aromatic rings. The number of benzene rings is 2. The molecule has 0 saturated carbocycles. The van der Waals surface area contributed by atoms with Gasteiger partial charge < -0.3 is 5.32 Å². The lowest BCUT2D eigenvalue weighted by Gasteiger charge is -2.09. The quantitative estimate of drug-likeness (QED) is 0.546. The Bertz CT molecular complexity index is 863. The summed E-state index contributed by atoms with van der Waals surface area (Å²) in [5, 5.41) is 8.63. The van der Waals surface area contributed by atoms with Gasteiger partial charge in [-0.3, -0.25) is 0 Å². The third-order valence-corrected chi connectivity index (χ3v) is 5.56. The smallest absolute Gasteiger partial charge is 0.133 e. The third-order valence-electron chi connectivity index (χ3n) is 4.84. The Morgan fingerprint density at radius 3 is 2.52 bits per heavy atom. The van der Waals surface area contributed by atoms with E-state index in [2.05, 4.69) is 88.0 Å². The summed E-state index contributed by atoms with van der Waals surface area (Å²) in [5.74, 6) is 1.16. The third kappa shape index (κ3) is 3.32. The van der Waals surface area contributed by atoms with Gasteiger partial charge in [-0.1, -0.05) is 31.2 Å². The number of anilines is 1. The topological polar surface area (TPSA) is 29.9 Å². The number of aromatic nitrogens is 2. The Hall–Kier alpha value is -1.82. The molecule has 1 N–H and O–H groups in total. The van der Waals surface area contributed by atoms with E-state index in [1.54, 1.807) is 0 Å². The first kappa shape index (κ1) is 16.6. The Kier molecular flexibility index (Phi) is 4.79. The lowest BCUT2D eigenvalue weighted by atomic mass is 10.0. The summed E-state index contributed by atoms with van der Waals surface area (Å²) in [4.78, 5) is 0. The van der Waals surface area contributed by atoms with Crippen LogP contribution < -0.4 is 5.32 Å². The standard InChI is InChI=1S/C21H22IN3/c1-2-15-6-12-18(13-7-15)25-21-19(5-3-4-14-23-21)20(24-25)16-8-10-17(22)11-9-16/h6-13,23H,2-5,14H2,1H3. The summed E-state index contributed by atoms with van der Waals surface area (Å²) in [7, 11) is 0. The van der Waals surface area contributed by atoms with Gasteiger partial charge in [0.2, 0.25) is 0 Å². The van der Waals surface area contributed by atoms with E-state index in [0.717, 1.165) is 36.6 Å². The number of fused-ring (bicyclic) bond motifs is 1. The molecule has 2 aromatic carbocycles. The molecule has 25 heavy (non-hydrogen) atoms. The molecule has 128 valence electrons. The van der Waals surface area contributed by atoms with Crippen molar-refractivity contribution < 1.29 is 0 Å². The van der Waals surface area contributed by atoms with Crippen molar-refractivity contribution in [2.75, 3.05) is 11.9 Å². The molecule has 0 fully saturated rings. The Labute approximate surface area is 162 Å². The molecule has 0 spiro atoms. The van der Waals surface area contributed by atoms with Crippen LogP contribution in [-0.2, 0) is 12.8 Å². The minimum atomic E-state index is 1.01. The van der Waals surface area contributed by atoms with Gasteiger partial charge in [0.1, 0.15) is 5.82 Å². The van der Waals surface area contributed by atoms with E-state index >= 15 is 0 Å². The van der Waals surface area contributed by atoms with Gasteiger partial charge in [0.25, 0.3) is 0 Å². The Morgan fingerprint density at radius 2 is 1.80 bits per heavy atom. The van der Waals surface area contributed by atoms with E-state index in [-0.39, 0.29) is 0 Å². The number of nitrogens with zero attached hydrogens (tertiary/aromatic N) is 2. The number of aryl methyl sites for hydroxylation is 1. The van der Waals surface area contributed by atoms with Crippen molar-refractivity contribution in [1.82, 2.24) is 9.78 Å². The van der Waals surface area contributed by atoms with Crippen molar-refractivity contribution in [3.63, 3.8) is 0 Å². The number of halogens is 1. The fraction of sp³-hybridized carbons (Fsp3) is 0.286. The van der Waals surface area contributed by atoms with E-state index in [4.69, 9.17) is 5.10 Å². The first-order chi connectivity index (χ1) is 12.3. The van der Waals surface area contributed by atoms with Crippen molar-refractivity contribution in [3.8, 4) is 16.9 Å². The van der Waals surface area contributed by atoms with Crippen molar-refractivity contribution in [1.29, 1.82) is 0 Å². The zero-order valence-corrected chi connectivity index (χ0v) is 16.6. The number of hydrogen-bond donors (Lipinski definition) is 1. The molecule has 3 nitrogen and oxygen atoms in total. The SMILES string of the molecule is CCc1ccc(-n2nc(-c3ccc(I)cc3)c3c2NCCCC3)cc1. The highest BCUT2D eigenvalue weighted by Crippen LogP contribution is 2.34. The highest BCUT2D eigenvalue weighted by Gasteiger charge is 2.21. The predicted octanol–water partition coefficient (Wildman–Crippen LogP) is 5.45. The molecular formula is C21H22IN3. The van der Waals surface area contributed by atoms with Crippen LogP contribution in [0.5, 0.6) is 0 Å². The zero-order valence-electron chi connectivity index (χ0n) is 14.4. The van der Waals surface area contributed by atoms with E-state index in [1.807, 2.05) is 0 Å². The second-order valence-electron chi connectivity index (χ2n) is 6.50. The van der Waals surface area contributed by atoms with Crippen LogP contribution in [0.4, 0.5) is 5.82 Å². The van der Waals surface area contributed by atoms with Gasteiger partial charge in [0, 0.05) is 21.2 Å². The van der Waals surface area contributed by atoms with Gasteiger partial charge >= 0.3 is 0 Å². The van der Waals surface area contributed by atoms with Gasteiger partial charge in [-0.25, -0.2) is 4.68 Å². The monoisotopic (exact) mass is 443 g/mol. The molecule has 0 radical (unpaired) electrons. The normalized spacial score (nSPS) is 13.8. The van der Waals surface area contributed by atoms with E-state index in [0.29, 0.717) is 0 Å². The summed E-state index contributed by atoms with van der Waals surface area (Å²) in [6.07, 6.45) is 4.55. The van der Waals surface area contributed by atoms with Crippen LogP contribution in [0.15, 0.2) is 48.5 Å². The fourth-order valence-electron chi connectivity index (χ4n) is 3.40. The summed E-state index contributed by atoms with van der Waals surface area (Å²) in [6, 6.07) is 17.4. The van der Waals surface area contributed by atoms with E-state index in [1.165, 1.54) is 33.1 Å². The predicted molar refractivity (Wildman–Crippen MR) is 113 cm³/mol. The fourth-order valence-corrected chi connectivity index (χ4v) is 3.76. The van der Waals surface area contributed by atoms with Crippen LogP contribution in [0.25, 0.3) is 16.9 Å². The average Bonchev–Trinajstić information content (AvgIpc) is 2.84. The van der Waals surface area contributed by atoms with Gasteiger partial charge in [-0.2, -0.15) is 5.10 Å². The van der Waals surface area contributed by atoms with Crippen LogP contribution >= 0.6 is 22.6 Å². The van der Waals surface area contributed by atoms with Gasteiger partial charge in [-0.05, 0) is 78.1 Å². The Morgan fingerprint density at radius 1 is 1.04 bits per heavy atom. The maximum Gasteiger partial charge on any atom is 0.133 e. The van der Waals surface area contributed by atoms with Crippen LogP contribution in [0, 0.1) is 3.57 Å². The lowest BCUT2D eigenvalue weighted by Crippen LogP contribution is -2.07. The molecule has 0 aliphatic carbocycles. The minimum absolute atomic E-state index is 1.01. The van der Waals surface area contributed by atoms with Gasteiger partial charge in [-0.15, -0.1) is 0 Å². The highest BCUT2D eigenvalue weighted by atomic mass is 127. The van der Waals surface area contributed by atoms with Gasteiger partial charge in [0.15, 0.2) is 0 Å². The van der Waals surface area contributed by atoms with Crippen LogP contribution in [0.1, 0.15) is 30.9 Å². The number of nitrogens with one attached hydrogen (secondary N) is 1. The first-order valence-corrected chi connectivity index (χ1v) is 10.0. The average molecular weight is 443 g/mol. The van der Waals surface area contributed by atoms with Gasteiger partial charge in [0.05, 0.1) is 11.4 Å². The van der Waals surface area contributed by atoms with Crippen LogP contribution in [0.3, 0.4) is 0 Å². The summed E-state index contributed by atoms with van der Waals surface area (Å²) in [6.45, 7) is 3.20. The van der Waals surface area contributed by atoms with Crippen molar-refractivity contribution in [2.45, 2.75) is 32.6 Å². The van der Waals surface area contributed by atoms with Crippen molar-refractivity contribution in [3.05, 3.63) is 63.2 Å². The molecule has 1 aliphatic rings. The maximum atomic E-state index is 5.01. The largest absolute Gasteiger partial charge is 0.370 e. The molecule has 0 bridgehead atoms. The van der Waals surface area contributed by atoms with E-state index in [9.17, 15) is 0 Å². The molecule has 0 unspecified atom stereocenters. The molecule has 0 saturated heterocycles. The Balaban J connectivity index is 1.85. The lowest BCUT2D eigenvalue weighted by molar-refractivity contribution is 0.780. The van der Waals surface area contributed by atoms with E-state index < -0.39 is 0 Å².